The lowest BCUT2D eigenvalue weighted by atomic mass is 8.29. The molecule has 234 valence electrons. The normalized spacial score (nSPS) is 13.3. The number of nitrogens with zero attached hydrogens (tertiary/aromatic N) is 1. The van der Waals surface area contributed by atoms with Gasteiger partial charge in [-0.3, -0.25) is 4.98 Å². The number of rotatable bonds is 18. The summed E-state index contributed by atoms with van der Waals surface area (Å²) in [6.45, 7) is 8.24. The molecule has 2 heterocycles. The Balaban J connectivity index is 0.000000343. The summed E-state index contributed by atoms with van der Waals surface area (Å²) in [6.07, 6.45) is -16.5. The molecule has 61 heavy (non-hydrogen) atoms. The van der Waals surface area contributed by atoms with E-state index in [0.717, 1.165) is 16.7 Å². The maximum Gasteiger partial charge on any atom is 0.496 e. The first-order valence-electron chi connectivity index (χ1n) is 20.3. The van der Waals surface area contributed by atoms with Gasteiger partial charge < -0.3 is 9.31 Å². The molecule has 1 aromatic heterocycles. The van der Waals surface area contributed by atoms with E-state index < -0.39 is 109 Å². The van der Waals surface area contributed by atoms with Crippen LogP contribution in [0.3, 0.4) is 0 Å². The fourth-order valence-corrected chi connectivity index (χ4v) is 8.78. The van der Waals surface area contributed by atoms with Crippen molar-refractivity contribution in [1.82, 2.24) is 4.98 Å². The van der Waals surface area contributed by atoms with Gasteiger partial charge in [-0.2, -0.15) is 0 Å². The Kier molecular flexibility index (Phi) is 21.6. The molecule has 4 rings (SSSR count). The van der Waals surface area contributed by atoms with E-state index in [2.05, 4.69) is 75.1 Å². The van der Waals surface area contributed by atoms with E-state index in [1.807, 2.05) is 18.3 Å². The van der Waals surface area contributed by atoms with Crippen LogP contribution in [0.25, 0.3) is 22.0 Å². The second-order valence-corrected chi connectivity index (χ2v) is 17.4. The fraction of sp³-hybridized carbons (Fsp3) is 0.286. The van der Waals surface area contributed by atoms with Gasteiger partial charge in [-0.05, 0) is 44.5 Å². The zero-order valence-corrected chi connectivity index (χ0v) is 35.9. The SMILES string of the molecule is CC1(C)OB(c2ccc(-c3cccc4ccccc34)nc2)OC1(C)C.[B]B([B])B([B])B(B(B([B])[B])B([B])[B])B(B(B([B])[B])B([B])[B])B(B(B([B])[B])B([B])[B])B(B([B])[B])B([B])[B]. The molecule has 0 N–H and O–H groups in total. The van der Waals surface area contributed by atoms with Crippen LogP contribution in [0.1, 0.15) is 27.7 Å². The van der Waals surface area contributed by atoms with Gasteiger partial charge in [0.1, 0.15) is 0 Å². The Labute approximate surface area is 401 Å². The zero-order valence-electron chi connectivity index (χ0n) is 35.9. The standard InChI is InChI=1S/C21H22BNO2.B36/c1-20(2)21(3,4)25-22(24-20)16-12-13-19(23-14-16)18-11-7-9-15-8-5-6-10-17(15)18;1-20(2)29(19)34(30(21(3)4)22(5)6)36(33(27(15)16)28(17)18)35(31(23(7)8)24(9)10)32(25(11)12)26(13)14/h5-14H,1-4H3;. The molecule has 1 aliphatic heterocycles. The van der Waals surface area contributed by atoms with E-state index in [0.29, 0.717) is 0 Å². The van der Waals surface area contributed by atoms with Crippen LogP contribution < -0.4 is 5.46 Å². The highest BCUT2D eigenvalue weighted by molar-refractivity contribution is 8.30. The average molecular weight is 720 g/mol. The number of hydrogen-bond acceptors (Lipinski definition) is 3. The van der Waals surface area contributed by atoms with E-state index in [9.17, 15) is 0 Å². The summed E-state index contributed by atoms with van der Waals surface area (Å²) in [6, 6.07) is 18.8. The van der Waals surface area contributed by atoms with Gasteiger partial charge in [0, 0.05) is 273 Å². The molecule has 0 amide bonds. The minimum absolute atomic E-state index is 0.341. The van der Waals surface area contributed by atoms with Crippen LogP contribution in [0.15, 0.2) is 60.8 Å². The highest BCUT2D eigenvalue weighted by atomic mass is 16.7. The Morgan fingerprint density at radius 3 is 1.18 bits per heavy atom. The third kappa shape index (κ3) is 13.6. The second-order valence-electron chi connectivity index (χ2n) is 17.4. The predicted molar refractivity (Wildman–Crippen MR) is 310 cm³/mol. The molecule has 0 bridgehead atoms. The lowest BCUT2D eigenvalue weighted by Crippen LogP contribution is -2.91. The van der Waals surface area contributed by atoms with Crippen LogP contribution in [-0.4, -0.2) is 279 Å². The van der Waals surface area contributed by atoms with Crippen molar-refractivity contribution in [3.8, 4) is 11.3 Å². The minimum atomic E-state index is -1.17. The van der Waals surface area contributed by atoms with Crippen molar-refractivity contribution in [2.45, 2.75) is 38.9 Å². The van der Waals surface area contributed by atoms with Crippen molar-refractivity contribution >= 4 is 279 Å². The molecule has 1 aliphatic rings. The van der Waals surface area contributed by atoms with Gasteiger partial charge in [-0.1, -0.05) is 48.5 Å². The van der Waals surface area contributed by atoms with Gasteiger partial charge in [0.25, 0.3) is 0 Å². The first-order chi connectivity index (χ1) is 28.2. The van der Waals surface area contributed by atoms with Gasteiger partial charge in [0.2, 0.25) is 0 Å². The summed E-state index contributed by atoms with van der Waals surface area (Å²) in [7, 11) is 117. The van der Waals surface area contributed by atoms with Crippen molar-refractivity contribution in [3.63, 3.8) is 0 Å². The largest absolute Gasteiger partial charge is 0.496 e. The van der Waals surface area contributed by atoms with Gasteiger partial charge in [0.05, 0.1) is 16.9 Å². The number of fused-ring (bicyclic) bond motifs is 1. The summed E-state index contributed by atoms with van der Waals surface area (Å²) < 4.78 is 12.2. The van der Waals surface area contributed by atoms with Crippen LogP contribution in [0.2, 0.25) is 0 Å². The number of aromatic nitrogens is 1. The van der Waals surface area contributed by atoms with E-state index in [1.54, 1.807) is 0 Å². The van der Waals surface area contributed by atoms with E-state index in [1.165, 1.54) is 10.8 Å². The highest BCUT2D eigenvalue weighted by Crippen LogP contribution is 2.36. The molecular formula is C21H22B37NO2. The molecular weight excluding hydrogens is 698 g/mol. The molecule has 1 fully saturated rings. The number of hydrogen-bond donors (Lipinski definition) is 0. The van der Waals surface area contributed by atoms with Crippen molar-refractivity contribution < 1.29 is 9.31 Å². The molecule has 0 aliphatic carbocycles. The summed E-state index contributed by atoms with van der Waals surface area (Å²) in [5, 5.41) is 2.43. The molecule has 2 aromatic carbocycles. The number of benzene rings is 2. The first-order valence-corrected chi connectivity index (χ1v) is 20.3. The minimum Gasteiger partial charge on any atom is -0.399 e. The molecule has 3 nitrogen and oxygen atoms in total. The Bertz CT molecular complexity index is 1710. The second kappa shape index (κ2) is 23.8. The predicted octanol–water partition coefficient (Wildman–Crippen LogP) is -9.51. The highest BCUT2D eigenvalue weighted by Gasteiger charge is 2.55. The quantitative estimate of drug-likeness (QED) is 0.123. The van der Waals surface area contributed by atoms with Gasteiger partial charge in [-0.15, -0.1) is 0 Å². The van der Waals surface area contributed by atoms with Crippen LogP contribution in [-0.2, 0) is 9.31 Å². The van der Waals surface area contributed by atoms with Gasteiger partial charge in [0.15, 0.2) is 0 Å². The van der Waals surface area contributed by atoms with E-state index in [-0.39, 0.29) is 18.3 Å². The molecule has 0 spiro atoms. The lowest BCUT2D eigenvalue weighted by molar-refractivity contribution is 0.00578. The lowest BCUT2D eigenvalue weighted by Gasteiger charge is -2.53. The molecule has 0 saturated carbocycles. The van der Waals surface area contributed by atoms with Crippen molar-refractivity contribution in [2.75, 3.05) is 0 Å². The van der Waals surface area contributed by atoms with Crippen LogP contribution in [0.5, 0.6) is 0 Å². The van der Waals surface area contributed by atoms with Crippen LogP contribution >= 0.6 is 0 Å². The third-order valence-electron chi connectivity index (χ3n) is 12.5. The Morgan fingerprint density at radius 2 is 0.803 bits per heavy atom. The maximum atomic E-state index is 6.53. The van der Waals surface area contributed by atoms with Crippen molar-refractivity contribution in [1.29, 1.82) is 0 Å². The molecule has 0 atom stereocenters. The fourth-order valence-electron chi connectivity index (χ4n) is 8.78. The Hall–Kier alpha value is 0.173. The zero-order chi connectivity index (χ0) is 46.5. The summed E-state index contributed by atoms with van der Waals surface area (Å²) >= 11 is 0. The summed E-state index contributed by atoms with van der Waals surface area (Å²) in [4.78, 5) is 4.68. The summed E-state index contributed by atoms with van der Waals surface area (Å²) in [5.74, 6) is 0. The van der Waals surface area contributed by atoms with Gasteiger partial charge >= 0.3 is 7.12 Å². The molecule has 3 aromatic rings. The van der Waals surface area contributed by atoms with Gasteiger partial charge in [-0.25, -0.2) is 0 Å². The average Bonchev–Trinajstić information content (AvgIpc) is 3.36. The van der Waals surface area contributed by atoms with Crippen molar-refractivity contribution in [3.05, 3.63) is 60.8 Å². The summed E-state index contributed by atoms with van der Waals surface area (Å²) in [5.41, 5.74) is 2.36. The van der Waals surface area contributed by atoms with Crippen LogP contribution in [0.4, 0.5) is 0 Å². The Morgan fingerprint density at radius 1 is 0.426 bits per heavy atom. The van der Waals surface area contributed by atoms with Crippen LogP contribution in [0, 0.1) is 0 Å². The molecule has 1 saturated heterocycles. The maximum absolute atomic E-state index is 6.53. The monoisotopic (exact) mass is 728 g/mol. The molecule has 0 unspecified atom stereocenters. The van der Waals surface area contributed by atoms with Crippen molar-refractivity contribution in [2.24, 2.45) is 0 Å². The molecule has 40 heteroatoms. The number of pyridine rings is 1. The topological polar surface area (TPSA) is 31.4 Å². The smallest absolute Gasteiger partial charge is 0.399 e. The first kappa shape index (κ1) is 55.5. The third-order valence-corrected chi connectivity index (χ3v) is 12.5. The van der Waals surface area contributed by atoms with E-state index in [4.69, 9.17) is 156 Å². The molecule has 38 radical (unpaired) electrons. The van der Waals surface area contributed by atoms with E-state index >= 15 is 0 Å².